The summed E-state index contributed by atoms with van der Waals surface area (Å²) >= 11 is 0. The Bertz CT molecular complexity index is 448. The monoisotopic (exact) mass is 249 g/mol. The van der Waals surface area contributed by atoms with E-state index in [0.717, 1.165) is 16.8 Å². The standard InChI is InChI=1S/C14H19NO3/c1-5-6-14(4,13(16)17)18-15-12-8-10(2)7-11(3)9-12/h5-9,15H,1-4H3,(H,16,17)/b6-5-. The topological polar surface area (TPSA) is 58.6 Å². The first-order valence-corrected chi connectivity index (χ1v) is 5.77. The van der Waals surface area contributed by atoms with Crippen molar-refractivity contribution in [1.82, 2.24) is 0 Å². The number of carbonyl (C=O) groups is 1. The third-order valence-corrected chi connectivity index (χ3v) is 2.51. The molecule has 0 fully saturated rings. The maximum absolute atomic E-state index is 11.2. The number of hydrogen-bond donors (Lipinski definition) is 2. The quantitative estimate of drug-likeness (QED) is 0.622. The maximum atomic E-state index is 11.2. The van der Waals surface area contributed by atoms with Crippen LogP contribution in [0.15, 0.2) is 30.4 Å². The van der Waals surface area contributed by atoms with Crippen molar-refractivity contribution in [2.24, 2.45) is 0 Å². The number of hydrogen-bond acceptors (Lipinski definition) is 3. The predicted octanol–water partition coefficient (Wildman–Crippen LogP) is 3.07. The van der Waals surface area contributed by atoms with Crippen LogP contribution < -0.4 is 5.48 Å². The van der Waals surface area contributed by atoms with Crippen molar-refractivity contribution in [2.75, 3.05) is 5.48 Å². The smallest absolute Gasteiger partial charge is 0.342 e. The predicted molar refractivity (Wildman–Crippen MR) is 71.5 cm³/mol. The van der Waals surface area contributed by atoms with E-state index >= 15 is 0 Å². The fourth-order valence-corrected chi connectivity index (χ4v) is 1.67. The van der Waals surface area contributed by atoms with Crippen LogP contribution in [0.1, 0.15) is 25.0 Å². The molecule has 0 saturated heterocycles. The van der Waals surface area contributed by atoms with E-state index in [1.807, 2.05) is 32.0 Å². The Morgan fingerprint density at radius 3 is 2.33 bits per heavy atom. The van der Waals surface area contributed by atoms with Crippen molar-refractivity contribution in [3.05, 3.63) is 41.5 Å². The number of carboxylic acids is 1. The number of aryl methyl sites for hydroxylation is 2. The molecule has 4 nitrogen and oxygen atoms in total. The number of anilines is 1. The zero-order valence-electron chi connectivity index (χ0n) is 11.2. The molecule has 1 rings (SSSR count). The molecular weight excluding hydrogens is 230 g/mol. The molecule has 4 heteroatoms. The van der Waals surface area contributed by atoms with Crippen LogP contribution in [-0.4, -0.2) is 16.7 Å². The molecule has 2 N–H and O–H groups in total. The summed E-state index contributed by atoms with van der Waals surface area (Å²) in [5.41, 5.74) is 4.23. The SMILES string of the molecule is C/C=C\C(C)(ONc1cc(C)cc(C)c1)C(=O)O. The van der Waals surface area contributed by atoms with Gasteiger partial charge in [0, 0.05) is 0 Å². The van der Waals surface area contributed by atoms with Crippen LogP contribution in [0, 0.1) is 13.8 Å². The van der Waals surface area contributed by atoms with Crippen LogP contribution in [0.2, 0.25) is 0 Å². The molecule has 0 bridgehead atoms. The summed E-state index contributed by atoms with van der Waals surface area (Å²) in [5.74, 6) is -1.04. The molecule has 1 aromatic rings. The molecule has 0 aliphatic carbocycles. The van der Waals surface area contributed by atoms with Crippen molar-refractivity contribution < 1.29 is 14.7 Å². The zero-order chi connectivity index (χ0) is 13.8. The number of nitrogens with one attached hydrogen (secondary N) is 1. The average Bonchev–Trinajstić information content (AvgIpc) is 2.25. The Morgan fingerprint density at radius 1 is 1.33 bits per heavy atom. The fourth-order valence-electron chi connectivity index (χ4n) is 1.67. The van der Waals surface area contributed by atoms with E-state index in [4.69, 9.17) is 9.94 Å². The number of aliphatic carboxylic acids is 1. The lowest BCUT2D eigenvalue weighted by Crippen LogP contribution is -2.38. The van der Waals surface area contributed by atoms with E-state index in [1.165, 1.54) is 13.0 Å². The summed E-state index contributed by atoms with van der Waals surface area (Å²) in [5, 5.41) is 9.13. The Kier molecular flexibility index (Phi) is 4.50. The molecule has 98 valence electrons. The van der Waals surface area contributed by atoms with Gasteiger partial charge in [-0.2, -0.15) is 0 Å². The highest BCUT2D eigenvalue weighted by Gasteiger charge is 2.32. The number of benzene rings is 1. The lowest BCUT2D eigenvalue weighted by atomic mass is 10.1. The maximum Gasteiger partial charge on any atom is 0.342 e. The first-order valence-electron chi connectivity index (χ1n) is 5.77. The van der Waals surface area contributed by atoms with E-state index in [9.17, 15) is 4.79 Å². The largest absolute Gasteiger partial charge is 0.479 e. The Labute approximate surface area is 107 Å². The molecule has 18 heavy (non-hydrogen) atoms. The Hall–Kier alpha value is -1.81. The molecule has 0 amide bonds. The molecule has 0 aliphatic heterocycles. The number of carboxylic acid groups (broad SMARTS) is 1. The molecule has 0 saturated carbocycles. The summed E-state index contributed by atoms with van der Waals surface area (Å²) < 4.78 is 0. The molecule has 0 spiro atoms. The van der Waals surface area contributed by atoms with Crippen molar-refractivity contribution in [2.45, 2.75) is 33.3 Å². The van der Waals surface area contributed by atoms with Gasteiger partial charge in [-0.1, -0.05) is 12.1 Å². The third-order valence-electron chi connectivity index (χ3n) is 2.51. The lowest BCUT2D eigenvalue weighted by Gasteiger charge is -2.22. The second-order valence-electron chi connectivity index (χ2n) is 4.49. The molecule has 1 aromatic carbocycles. The van der Waals surface area contributed by atoms with Crippen LogP contribution in [-0.2, 0) is 9.63 Å². The number of rotatable bonds is 5. The van der Waals surface area contributed by atoms with Gasteiger partial charge in [0.2, 0.25) is 5.60 Å². The minimum absolute atomic E-state index is 0.740. The van der Waals surface area contributed by atoms with Gasteiger partial charge in [-0.05, 0) is 57.0 Å². The molecule has 0 radical (unpaired) electrons. The summed E-state index contributed by atoms with van der Waals surface area (Å²) in [6.07, 6.45) is 3.14. The first kappa shape index (κ1) is 14.3. The molecule has 0 aliphatic rings. The van der Waals surface area contributed by atoms with Gasteiger partial charge in [-0.25, -0.2) is 4.79 Å². The van der Waals surface area contributed by atoms with Crippen LogP contribution in [0.5, 0.6) is 0 Å². The summed E-state index contributed by atoms with van der Waals surface area (Å²) in [4.78, 5) is 16.4. The van der Waals surface area contributed by atoms with E-state index in [2.05, 4.69) is 5.48 Å². The van der Waals surface area contributed by atoms with Crippen molar-refractivity contribution in [1.29, 1.82) is 0 Å². The second-order valence-corrected chi connectivity index (χ2v) is 4.49. The molecule has 1 unspecified atom stereocenters. The highest BCUT2D eigenvalue weighted by atomic mass is 16.7. The van der Waals surface area contributed by atoms with Gasteiger partial charge in [-0.3, -0.25) is 10.3 Å². The van der Waals surface area contributed by atoms with Crippen LogP contribution in [0.25, 0.3) is 0 Å². The zero-order valence-corrected chi connectivity index (χ0v) is 11.2. The average molecular weight is 249 g/mol. The second kappa shape index (κ2) is 5.69. The van der Waals surface area contributed by atoms with Crippen molar-refractivity contribution >= 4 is 11.7 Å². The van der Waals surface area contributed by atoms with Crippen LogP contribution >= 0.6 is 0 Å². The fraction of sp³-hybridized carbons (Fsp3) is 0.357. The Morgan fingerprint density at radius 2 is 1.89 bits per heavy atom. The highest BCUT2D eigenvalue weighted by molar-refractivity contribution is 5.79. The van der Waals surface area contributed by atoms with Crippen molar-refractivity contribution in [3.63, 3.8) is 0 Å². The normalized spacial score (nSPS) is 14.4. The Balaban J connectivity index is 2.82. The highest BCUT2D eigenvalue weighted by Crippen LogP contribution is 2.18. The lowest BCUT2D eigenvalue weighted by molar-refractivity contribution is -0.154. The van der Waals surface area contributed by atoms with Gasteiger partial charge in [0.15, 0.2) is 0 Å². The van der Waals surface area contributed by atoms with Gasteiger partial charge in [0.1, 0.15) is 0 Å². The van der Waals surface area contributed by atoms with Crippen molar-refractivity contribution in [3.8, 4) is 0 Å². The van der Waals surface area contributed by atoms with Gasteiger partial charge in [-0.15, -0.1) is 0 Å². The van der Waals surface area contributed by atoms with E-state index in [0.29, 0.717) is 0 Å². The summed E-state index contributed by atoms with van der Waals surface area (Å²) in [7, 11) is 0. The molecular formula is C14H19NO3. The van der Waals surface area contributed by atoms with Gasteiger partial charge < -0.3 is 5.11 Å². The van der Waals surface area contributed by atoms with E-state index < -0.39 is 11.6 Å². The van der Waals surface area contributed by atoms with Crippen LogP contribution in [0.4, 0.5) is 5.69 Å². The molecule has 1 atom stereocenters. The first-order chi connectivity index (χ1) is 8.37. The molecule has 0 heterocycles. The minimum atomic E-state index is -1.38. The van der Waals surface area contributed by atoms with Gasteiger partial charge in [0.05, 0.1) is 5.69 Å². The van der Waals surface area contributed by atoms with E-state index in [1.54, 1.807) is 13.0 Å². The summed E-state index contributed by atoms with van der Waals surface area (Å²) in [6.45, 7) is 7.19. The van der Waals surface area contributed by atoms with E-state index in [-0.39, 0.29) is 0 Å². The molecule has 0 aromatic heterocycles. The number of allylic oxidation sites excluding steroid dienone is 1. The van der Waals surface area contributed by atoms with Crippen LogP contribution in [0.3, 0.4) is 0 Å². The third kappa shape index (κ3) is 3.60. The summed E-state index contributed by atoms with van der Waals surface area (Å²) in [6, 6.07) is 5.82. The van der Waals surface area contributed by atoms with Gasteiger partial charge in [0.25, 0.3) is 0 Å². The minimum Gasteiger partial charge on any atom is -0.479 e. The van der Waals surface area contributed by atoms with Gasteiger partial charge >= 0.3 is 5.97 Å².